The van der Waals surface area contributed by atoms with Crippen molar-refractivity contribution < 1.29 is 31.9 Å². The van der Waals surface area contributed by atoms with Gasteiger partial charge in [0.15, 0.2) is 0 Å². The monoisotopic (exact) mass is 546 g/mol. The highest BCUT2D eigenvalue weighted by atomic mass is 35.5. The summed E-state index contributed by atoms with van der Waals surface area (Å²) >= 11 is 6.19. The van der Waals surface area contributed by atoms with Crippen LogP contribution in [0.3, 0.4) is 0 Å². The summed E-state index contributed by atoms with van der Waals surface area (Å²) < 4.78 is 53.3. The number of rotatable bonds is 7. The number of fused-ring (bicyclic) bond motifs is 1. The lowest BCUT2D eigenvalue weighted by Gasteiger charge is -2.34. The second-order valence-electron chi connectivity index (χ2n) is 8.39. The van der Waals surface area contributed by atoms with Crippen molar-refractivity contribution >= 4 is 39.2 Å². The van der Waals surface area contributed by atoms with Gasteiger partial charge in [-0.2, -0.15) is 4.31 Å². The number of hydrogen-bond acceptors (Lipinski definition) is 6. The van der Waals surface area contributed by atoms with Crippen LogP contribution >= 0.6 is 11.6 Å². The molecule has 1 atom stereocenters. The molecule has 8 nitrogen and oxygen atoms in total. The molecule has 0 saturated heterocycles. The van der Waals surface area contributed by atoms with E-state index in [9.17, 15) is 22.4 Å². The number of methoxy groups -OCH3 is 1. The molecule has 3 aromatic carbocycles. The van der Waals surface area contributed by atoms with Crippen LogP contribution in [-0.4, -0.2) is 50.9 Å². The van der Waals surface area contributed by atoms with E-state index in [0.717, 1.165) is 9.87 Å². The molecule has 0 aromatic heterocycles. The van der Waals surface area contributed by atoms with Crippen molar-refractivity contribution in [2.75, 3.05) is 25.1 Å². The highest BCUT2D eigenvalue weighted by molar-refractivity contribution is 7.89. The lowest BCUT2D eigenvalue weighted by molar-refractivity contribution is -0.148. The van der Waals surface area contributed by atoms with Crippen LogP contribution in [-0.2, 0) is 30.9 Å². The van der Waals surface area contributed by atoms with E-state index in [2.05, 4.69) is 0 Å². The minimum atomic E-state index is -4.26. The third kappa shape index (κ3) is 5.61. The van der Waals surface area contributed by atoms with Crippen LogP contribution in [0.1, 0.15) is 11.1 Å². The maximum absolute atomic E-state index is 14.7. The van der Waals surface area contributed by atoms with Gasteiger partial charge in [-0.1, -0.05) is 47.5 Å². The number of carbonyl (C=O) groups excluding carboxylic acids is 2. The lowest BCUT2D eigenvalue weighted by Crippen LogP contribution is -2.50. The summed E-state index contributed by atoms with van der Waals surface area (Å²) in [6.45, 7) is 0.481. The van der Waals surface area contributed by atoms with Crippen molar-refractivity contribution in [1.29, 1.82) is 0 Å². The zero-order valence-electron chi connectivity index (χ0n) is 20.1. The van der Waals surface area contributed by atoms with Gasteiger partial charge in [0.1, 0.15) is 11.6 Å². The number of nitrogens with zero attached hydrogens (tertiary/aromatic N) is 2. The largest absolute Gasteiger partial charge is 0.475 e. The molecule has 0 fully saturated rings. The van der Waals surface area contributed by atoms with Gasteiger partial charge in [-0.15, -0.1) is 0 Å². The van der Waals surface area contributed by atoms with Crippen LogP contribution in [0.4, 0.5) is 10.1 Å². The number of hydrogen-bond donors (Lipinski definition) is 0. The van der Waals surface area contributed by atoms with Gasteiger partial charge in [0.05, 0.1) is 30.8 Å². The van der Waals surface area contributed by atoms with Gasteiger partial charge in [-0.25, -0.2) is 17.6 Å². The van der Waals surface area contributed by atoms with E-state index in [1.54, 1.807) is 36.4 Å². The van der Waals surface area contributed by atoms with Crippen LogP contribution in [0.25, 0.3) is 0 Å². The van der Waals surface area contributed by atoms with Gasteiger partial charge in [-0.3, -0.25) is 4.79 Å². The molecular formula is C26H24ClFN2O6S. The van der Waals surface area contributed by atoms with Gasteiger partial charge in [-0.05, 0) is 43.3 Å². The lowest BCUT2D eigenvalue weighted by atomic mass is 10.1. The molecule has 0 aliphatic carbocycles. The van der Waals surface area contributed by atoms with E-state index in [4.69, 9.17) is 21.1 Å². The predicted octanol–water partition coefficient (Wildman–Crippen LogP) is 3.95. The van der Waals surface area contributed by atoms with Crippen molar-refractivity contribution in [3.05, 3.63) is 88.7 Å². The molecule has 11 heteroatoms. The van der Waals surface area contributed by atoms with Crippen molar-refractivity contribution in [3.8, 4) is 5.75 Å². The summed E-state index contributed by atoms with van der Waals surface area (Å²) in [5, 5.41) is 0.0269. The molecular weight excluding hydrogens is 523 g/mol. The Kier molecular flexibility index (Phi) is 7.82. The van der Waals surface area contributed by atoms with Gasteiger partial charge in [0.2, 0.25) is 22.0 Å². The minimum absolute atomic E-state index is 0.0269. The molecule has 0 radical (unpaired) electrons. The first kappa shape index (κ1) is 26.6. The molecule has 1 amide bonds. The molecule has 4 rings (SSSR count). The van der Waals surface area contributed by atoms with Gasteiger partial charge in [0, 0.05) is 17.1 Å². The van der Waals surface area contributed by atoms with E-state index in [1.807, 2.05) is 6.92 Å². The van der Waals surface area contributed by atoms with Crippen molar-refractivity contribution in [3.63, 3.8) is 0 Å². The van der Waals surface area contributed by atoms with Crippen molar-refractivity contribution in [2.45, 2.75) is 24.5 Å². The predicted molar refractivity (Wildman–Crippen MR) is 135 cm³/mol. The highest BCUT2D eigenvalue weighted by Crippen LogP contribution is 2.34. The van der Waals surface area contributed by atoms with Crippen LogP contribution in [0.5, 0.6) is 5.75 Å². The molecule has 37 heavy (non-hydrogen) atoms. The van der Waals surface area contributed by atoms with Gasteiger partial charge in [0.25, 0.3) is 0 Å². The zero-order valence-corrected chi connectivity index (χ0v) is 21.6. The quantitative estimate of drug-likeness (QED) is 0.417. The Bertz CT molecular complexity index is 1410. The van der Waals surface area contributed by atoms with E-state index >= 15 is 0 Å². The Hall–Kier alpha value is -3.47. The number of ether oxygens (including phenoxy) is 2. The molecule has 1 heterocycles. The summed E-state index contributed by atoms with van der Waals surface area (Å²) in [7, 11) is -3.06. The average Bonchev–Trinajstić information content (AvgIpc) is 2.89. The number of aryl methyl sites for hydroxylation is 1. The van der Waals surface area contributed by atoms with Crippen molar-refractivity contribution in [1.82, 2.24) is 4.31 Å². The van der Waals surface area contributed by atoms with Gasteiger partial charge >= 0.3 is 5.97 Å². The molecule has 0 saturated carbocycles. The summed E-state index contributed by atoms with van der Waals surface area (Å²) in [5.74, 6) is -1.77. The molecule has 3 aromatic rings. The minimum Gasteiger partial charge on any atom is -0.475 e. The number of benzene rings is 3. The fourth-order valence-electron chi connectivity index (χ4n) is 3.91. The zero-order chi connectivity index (χ0) is 26.7. The Morgan fingerprint density at radius 1 is 1.11 bits per heavy atom. The number of halogens is 2. The molecule has 1 aliphatic heterocycles. The first-order chi connectivity index (χ1) is 17.6. The Balaban J connectivity index is 1.72. The molecule has 194 valence electrons. The maximum atomic E-state index is 14.7. The van der Waals surface area contributed by atoms with E-state index in [-0.39, 0.29) is 27.8 Å². The average molecular weight is 547 g/mol. The first-order valence-corrected chi connectivity index (χ1v) is 13.1. The third-order valence-electron chi connectivity index (χ3n) is 5.91. The normalized spacial score (nSPS) is 15.2. The molecule has 0 unspecified atom stereocenters. The summed E-state index contributed by atoms with van der Waals surface area (Å²) in [5.41, 5.74) is 1.14. The SMILES string of the molecule is COC(=O)[C@@H]1CN(C(=O)CN(Cc2c(F)cccc2Cl)S(=O)(=O)c2ccc(C)cc2)c2ccccc2O1. The van der Waals surface area contributed by atoms with Crippen LogP contribution in [0.2, 0.25) is 5.02 Å². The van der Waals surface area contributed by atoms with Crippen LogP contribution in [0, 0.1) is 12.7 Å². The Labute approximate surface area is 219 Å². The summed E-state index contributed by atoms with van der Waals surface area (Å²) in [6.07, 6.45) is -1.10. The smallest absolute Gasteiger partial charge is 0.348 e. The highest BCUT2D eigenvalue weighted by Gasteiger charge is 2.37. The topological polar surface area (TPSA) is 93.2 Å². The number of para-hydroxylation sites is 2. The van der Waals surface area contributed by atoms with E-state index in [0.29, 0.717) is 5.69 Å². The number of sulfonamides is 1. The summed E-state index contributed by atoms with van der Waals surface area (Å²) in [6, 6.07) is 16.7. The van der Waals surface area contributed by atoms with E-state index < -0.39 is 46.9 Å². The van der Waals surface area contributed by atoms with Crippen molar-refractivity contribution in [2.24, 2.45) is 0 Å². The maximum Gasteiger partial charge on any atom is 0.348 e. The third-order valence-corrected chi connectivity index (χ3v) is 8.07. The standard InChI is InChI=1S/C26H24ClFN2O6S/c1-17-10-12-18(13-11-17)37(33,34)29(14-19-20(27)6-5-7-21(19)28)16-25(31)30-15-24(26(32)35-2)36-23-9-4-3-8-22(23)30/h3-13,24H,14-16H2,1-2H3/t24-/m0/s1. The number of esters is 1. The first-order valence-electron chi connectivity index (χ1n) is 11.3. The second kappa shape index (κ2) is 10.9. The fourth-order valence-corrected chi connectivity index (χ4v) is 5.49. The number of amides is 1. The van der Waals surface area contributed by atoms with Crippen LogP contribution < -0.4 is 9.64 Å². The van der Waals surface area contributed by atoms with Crippen LogP contribution in [0.15, 0.2) is 71.6 Å². The van der Waals surface area contributed by atoms with Gasteiger partial charge < -0.3 is 14.4 Å². The Morgan fingerprint density at radius 3 is 2.49 bits per heavy atom. The number of anilines is 1. The number of carbonyl (C=O) groups is 2. The second-order valence-corrected chi connectivity index (χ2v) is 10.7. The Morgan fingerprint density at radius 2 is 1.81 bits per heavy atom. The molecule has 0 N–H and O–H groups in total. The molecule has 0 spiro atoms. The van der Waals surface area contributed by atoms with E-state index in [1.165, 1.54) is 42.3 Å². The molecule has 0 bridgehead atoms. The molecule has 1 aliphatic rings. The fraction of sp³-hybridized carbons (Fsp3) is 0.231. The summed E-state index contributed by atoms with van der Waals surface area (Å²) in [4.78, 5) is 27.0.